The van der Waals surface area contributed by atoms with Crippen LogP contribution in [0.2, 0.25) is 0 Å². The Morgan fingerprint density at radius 2 is 1.86 bits per heavy atom. The van der Waals surface area contributed by atoms with Gasteiger partial charge in [0.1, 0.15) is 5.75 Å². The lowest BCUT2D eigenvalue weighted by atomic mass is 10.2. The number of hydrogen-bond acceptors (Lipinski definition) is 4. The largest absolute Gasteiger partial charge is 0.496 e. The lowest BCUT2D eigenvalue weighted by Crippen LogP contribution is -2.32. The molecular formula is C16H28N2O3. The average molecular weight is 296 g/mol. The predicted octanol–water partition coefficient (Wildman–Crippen LogP) is 2.90. The van der Waals surface area contributed by atoms with Crippen LogP contribution in [-0.4, -0.2) is 45.3 Å². The van der Waals surface area contributed by atoms with Crippen LogP contribution in [0.3, 0.4) is 0 Å². The van der Waals surface area contributed by atoms with Gasteiger partial charge in [-0.3, -0.25) is 0 Å². The Balaban J connectivity index is 0.00000122. The van der Waals surface area contributed by atoms with E-state index in [1.807, 2.05) is 31.3 Å². The van der Waals surface area contributed by atoms with Gasteiger partial charge in [0.15, 0.2) is 0 Å². The first-order valence-corrected chi connectivity index (χ1v) is 7.21. The van der Waals surface area contributed by atoms with Crippen molar-refractivity contribution >= 4 is 6.09 Å². The molecule has 0 aromatic heterocycles. The molecule has 120 valence electrons. The van der Waals surface area contributed by atoms with E-state index in [0.717, 1.165) is 24.4 Å². The van der Waals surface area contributed by atoms with Gasteiger partial charge < -0.3 is 19.7 Å². The zero-order valence-electron chi connectivity index (χ0n) is 13.8. The van der Waals surface area contributed by atoms with Crippen LogP contribution in [0.5, 0.6) is 5.75 Å². The Hall–Kier alpha value is -1.75. The van der Waals surface area contributed by atoms with Crippen LogP contribution < -0.4 is 10.1 Å². The topological polar surface area (TPSA) is 50.8 Å². The number of amides is 1. The number of methoxy groups -OCH3 is 2. The zero-order valence-corrected chi connectivity index (χ0v) is 13.8. The van der Waals surface area contributed by atoms with E-state index < -0.39 is 6.09 Å². The van der Waals surface area contributed by atoms with Crippen molar-refractivity contribution in [2.45, 2.75) is 26.8 Å². The van der Waals surface area contributed by atoms with E-state index in [4.69, 9.17) is 4.74 Å². The molecule has 1 aromatic carbocycles. The molecule has 5 heteroatoms. The summed E-state index contributed by atoms with van der Waals surface area (Å²) in [6.45, 7) is 6.32. The minimum Gasteiger partial charge on any atom is -0.496 e. The van der Waals surface area contributed by atoms with Crippen molar-refractivity contribution in [2.75, 3.05) is 34.4 Å². The second kappa shape index (κ2) is 12.0. The molecule has 0 spiro atoms. The molecule has 21 heavy (non-hydrogen) atoms. The highest BCUT2D eigenvalue weighted by atomic mass is 16.5. The van der Waals surface area contributed by atoms with Crippen LogP contribution in [0.25, 0.3) is 0 Å². The van der Waals surface area contributed by atoms with Gasteiger partial charge in [-0.25, -0.2) is 4.79 Å². The van der Waals surface area contributed by atoms with Crippen molar-refractivity contribution in [1.29, 1.82) is 0 Å². The summed E-state index contributed by atoms with van der Waals surface area (Å²) in [6, 6.07) is 7.90. The summed E-state index contributed by atoms with van der Waals surface area (Å²) in [5.74, 6) is 0.880. The molecule has 0 radical (unpaired) electrons. The molecule has 0 aliphatic carbocycles. The Kier molecular flexibility index (Phi) is 11.0. The highest BCUT2D eigenvalue weighted by molar-refractivity contribution is 5.66. The second-order valence-corrected chi connectivity index (χ2v) is 4.68. The minimum absolute atomic E-state index is 0.402. The summed E-state index contributed by atoms with van der Waals surface area (Å²) in [5, 5.41) is 2.64. The fourth-order valence-electron chi connectivity index (χ4n) is 1.62. The molecule has 0 fully saturated rings. The van der Waals surface area contributed by atoms with E-state index in [-0.39, 0.29) is 0 Å². The van der Waals surface area contributed by atoms with Crippen molar-refractivity contribution < 1.29 is 14.3 Å². The van der Waals surface area contributed by atoms with Crippen molar-refractivity contribution in [3.05, 3.63) is 29.8 Å². The maximum atomic E-state index is 10.9. The summed E-state index contributed by atoms with van der Waals surface area (Å²) in [7, 11) is 5.01. The Morgan fingerprint density at radius 3 is 2.43 bits per heavy atom. The number of alkyl carbamates (subject to hydrolysis) is 1. The number of carbonyl (C=O) groups excluding carboxylic acids is 1. The molecule has 0 saturated carbocycles. The lowest BCUT2D eigenvalue weighted by molar-refractivity contribution is 0.169. The summed E-state index contributed by atoms with van der Waals surface area (Å²) < 4.78 is 9.79. The van der Waals surface area contributed by atoms with Gasteiger partial charge in [-0.15, -0.1) is 0 Å². The van der Waals surface area contributed by atoms with Crippen LogP contribution in [0.1, 0.15) is 25.8 Å². The number of para-hydroxylation sites is 1. The number of ether oxygens (including phenoxy) is 2. The summed E-state index contributed by atoms with van der Waals surface area (Å²) >= 11 is 0. The molecular weight excluding hydrogens is 268 g/mol. The number of rotatable bonds is 6. The van der Waals surface area contributed by atoms with Gasteiger partial charge in [0, 0.05) is 25.2 Å². The number of likely N-dealkylation sites (N-methyl/N-ethyl adjacent to an activating group) is 1. The Morgan fingerprint density at radius 1 is 1.24 bits per heavy atom. The molecule has 0 heterocycles. The zero-order chi connectivity index (χ0) is 16.1. The van der Waals surface area contributed by atoms with E-state index in [1.54, 1.807) is 7.11 Å². The van der Waals surface area contributed by atoms with Gasteiger partial charge in [-0.1, -0.05) is 38.5 Å². The molecule has 0 saturated heterocycles. The van der Waals surface area contributed by atoms with Crippen molar-refractivity contribution in [3.63, 3.8) is 0 Å². The fraction of sp³-hybridized carbons (Fsp3) is 0.562. The number of benzene rings is 1. The molecule has 0 aliphatic heterocycles. The highest BCUT2D eigenvalue weighted by Gasteiger charge is 2.06. The van der Waals surface area contributed by atoms with Crippen molar-refractivity contribution in [2.24, 2.45) is 0 Å². The second-order valence-electron chi connectivity index (χ2n) is 4.68. The van der Waals surface area contributed by atoms with E-state index >= 15 is 0 Å². The standard InChI is InChI=1S/C13H20N2O3.C3H8/c1-15(9-8-14-13(16)18-3)10-11-6-4-5-7-12(11)17-2;1-3-2/h4-7H,8-10H2,1-3H3,(H,14,16);3H2,1-2H3. The third-order valence-corrected chi connectivity index (χ3v) is 2.58. The van der Waals surface area contributed by atoms with E-state index in [2.05, 4.69) is 28.8 Å². The summed E-state index contributed by atoms with van der Waals surface area (Å²) in [4.78, 5) is 13.0. The van der Waals surface area contributed by atoms with Crippen LogP contribution >= 0.6 is 0 Å². The van der Waals surface area contributed by atoms with E-state index in [9.17, 15) is 4.79 Å². The highest BCUT2D eigenvalue weighted by Crippen LogP contribution is 2.18. The third-order valence-electron chi connectivity index (χ3n) is 2.58. The first-order valence-electron chi connectivity index (χ1n) is 7.21. The van der Waals surface area contributed by atoms with Gasteiger partial charge in [-0.05, 0) is 13.1 Å². The normalized spacial score (nSPS) is 9.62. The molecule has 5 nitrogen and oxygen atoms in total. The van der Waals surface area contributed by atoms with Gasteiger partial charge in [0.25, 0.3) is 0 Å². The number of hydrogen-bond donors (Lipinski definition) is 1. The molecule has 0 atom stereocenters. The van der Waals surface area contributed by atoms with Crippen molar-refractivity contribution in [3.8, 4) is 5.75 Å². The minimum atomic E-state index is -0.402. The molecule has 0 aliphatic rings. The first kappa shape index (κ1) is 19.2. The monoisotopic (exact) mass is 296 g/mol. The fourth-order valence-corrected chi connectivity index (χ4v) is 1.62. The van der Waals surface area contributed by atoms with Gasteiger partial charge >= 0.3 is 6.09 Å². The smallest absolute Gasteiger partial charge is 0.406 e. The molecule has 1 amide bonds. The van der Waals surface area contributed by atoms with Crippen LogP contribution in [0.15, 0.2) is 24.3 Å². The maximum Gasteiger partial charge on any atom is 0.406 e. The third kappa shape index (κ3) is 8.92. The molecule has 1 rings (SSSR count). The van der Waals surface area contributed by atoms with Gasteiger partial charge in [0.05, 0.1) is 14.2 Å². The van der Waals surface area contributed by atoms with Crippen LogP contribution in [0, 0.1) is 0 Å². The SMILES string of the molecule is CCC.COC(=O)NCCN(C)Cc1ccccc1OC. The number of carbonyl (C=O) groups is 1. The van der Waals surface area contributed by atoms with E-state index in [1.165, 1.54) is 13.5 Å². The predicted molar refractivity (Wildman–Crippen MR) is 85.7 cm³/mol. The van der Waals surface area contributed by atoms with Crippen LogP contribution in [0.4, 0.5) is 4.79 Å². The average Bonchev–Trinajstić information content (AvgIpc) is 2.48. The Bertz CT molecular complexity index is 397. The first-order chi connectivity index (χ1) is 10.1. The van der Waals surface area contributed by atoms with Crippen molar-refractivity contribution in [1.82, 2.24) is 10.2 Å². The van der Waals surface area contributed by atoms with Gasteiger partial charge in [0.2, 0.25) is 0 Å². The maximum absolute atomic E-state index is 10.9. The molecule has 1 N–H and O–H groups in total. The lowest BCUT2D eigenvalue weighted by Gasteiger charge is -2.18. The number of nitrogens with zero attached hydrogens (tertiary/aromatic N) is 1. The molecule has 0 unspecified atom stereocenters. The number of nitrogens with one attached hydrogen (secondary N) is 1. The summed E-state index contributed by atoms with van der Waals surface area (Å²) in [5.41, 5.74) is 1.13. The Labute approximate surface area is 128 Å². The molecule has 1 aromatic rings. The molecule has 0 bridgehead atoms. The van der Waals surface area contributed by atoms with Crippen LogP contribution in [-0.2, 0) is 11.3 Å². The van der Waals surface area contributed by atoms with Gasteiger partial charge in [-0.2, -0.15) is 0 Å². The quantitative estimate of drug-likeness (QED) is 0.877. The van der Waals surface area contributed by atoms with E-state index in [0.29, 0.717) is 6.54 Å². The summed E-state index contributed by atoms with van der Waals surface area (Å²) in [6.07, 6.45) is 0.848.